The minimum atomic E-state index is -4.76. The first-order chi connectivity index (χ1) is 32.6. The molecule has 67 heavy (non-hydrogen) atoms. The lowest BCUT2D eigenvalue weighted by Crippen LogP contribution is -2.43. The van der Waals surface area contributed by atoms with Crippen molar-refractivity contribution in [2.75, 3.05) is 19.8 Å². The second-order valence-electron chi connectivity index (χ2n) is 19.1. The van der Waals surface area contributed by atoms with Gasteiger partial charge in [-0.2, -0.15) is 0 Å². The first-order valence-corrected chi connectivity index (χ1v) is 29.4. The Morgan fingerprint density at radius 1 is 0.478 bits per heavy atom. The van der Waals surface area contributed by atoms with Gasteiger partial charge in [0.15, 0.2) is 6.04 Å². The minimum Gasteiger partial charge on any atom is -0.480 e. The number of allylic oxidation sites excluding steroid dienone is 4. The maximum Gasteiger partial charge on any atom is 0.472 e. The summed E-state index contributed by atoms with van der Waals surface area (Å²) in [7, 11) is -4.76. The number of carbonyl (C=O) groups is 3. The van der Waals surface area contributed by atoms with E-state index in [2.05, 4.69) is 43.5 Å². The molecule has 3 atom stereocenters. The molecule has 0 aromatic rings. The zero-order valence-electron chi connectivity index (χ0n) is 43.2. The van der Waals surface area contributed by atoms with E-state index in [0.717, 1.165) is 44.9 Å². The summed E-state index contributed by atoms with van der Waals surface area (Å²) in [4.78, 5) is 46.2. The molecule has 0 aromatic carbocycles. The topological polar surface area (TPSA) is 169 Å². The van der Waals surface area contributed by atoms with Crippen molar-refractivity contribution >= 4 is 25.7 Å². The summed E-state index contributed by atoms with van der Waals surface area (Å²) in [6, 6.07) is -1.55. The highest BCUT2D eigenvalue weighted by molar-refractivity contribution is 7.47. The van der Waals surface area contributed by atoms with Crippen LogP contribution in [0.25, 0.3) is 0 Å². The van der Waals surface area contributed by atoms with E-state index in [1.165, 1.54) is 193 Å². The Labute approximate surface area is 410 Å². The molecule has 0 saturated carbocycles. The molecule has 4 N–H and O–H groups in total. The Hall–Kier alpha value is -2.04. The van der Waals surface area contributed by atoms with Crippen molar-refractivity contribution in [3.63, 3.8) is 0 Å². The molecule has 0 fully saturated rings. The van der Waals surface area contributed by atoms with Crippen LogP contribution in [-0.2, 0) is 32.7 Å². The maximum absolute atomic E-state index is 12.4. The third kappa shape index (κ3) is 50.2. The number of esters is 1. The van der Waals surface area contributed by atoms with Crippen LogP contribution in [0.1, 0.15) is 277 Å². The second-order valence-corrected chi connectivity index (χ2v) is 20.6. The number of aliphatic carboxylic acids is 1. The third-order valence-corrected chi connectivity index (χ3v) is 13.4. The zero-order chi connectivity index (χ0) is 49.2. The van der Waals surface area contributed by atoms with Crippen molar-refractivity contribution in [1.29, 1.82) is 0 Å². The first-order valence-electron chi connectivity index (χ1n) is 27.9. The maximum atomic E-state index is 12.4. The summed E-state index contributed by atoms with van der Waals surface area (Å²) in [5.41, 5.74) is 0. The number of phosphoric ester groups is 1. The highest BCUT2D eigenvalue weighted by Crippen LogP contribution is 2.43. The number of amides is 1. The molecule has 11 nitrogen and oxygen atoms in total. The highest BCUT2D eigenvalue weighted by atomic mass is 31.2. The normalized spacial score (nSPS) is 13.6. The lowest BCUT2D eigenvalue weighted by Gasteiger charge is -2.18. The second kappa shape index (κ2) is 50.4. The fourth-order valence-electron chi connectivity index (χ4n) is 8.17. The largest absolute Gasteiger partial charge is 0.480 e. The molecule has 1 amide bonds. The quantitative estimate of drug-likeness (QED) is 0.0199. The molecule has 12 heteroatoms. The minimum absolute atomic E-state index is 0.147. The van der Waals surface area contributed by atoms with Crippen LogP contribution in [-0.4, -0.2) is 64.9 Å². The fraction of sp³-hybridized carbons (Fsp3) is 0.873. The third-order valence-electron chi connectivity index (χ3n) is 12.5. The van der Waals surface area contributed by atoms with E-state index in [9.17, 15) is 34.1 Å². The monoisotopic (exact) mass is 970 g/mol. The zero-order valence-corrected chi connectivity index (χ0v) is 44.1. The number of nitrogens with one attached hydrogen (secondary N) is 1. The summed E-state index contributed by atoms with van der Waals surface area (Å²) in [5.74, 6) is -2.35. The lowest BCUT2D eigenvalue weighted by molar-refractivity contribution is -0.147. The van der Waals surface area contributed by atoms with Gasteiger partial charge in [0.2, 0.25) is 5.91 Å². The van der Waals surface area contributed by atoms with E-state index in [1.54, 1.807) is 0 Å². The molecule has 0 bridgehead atoms. The molecule has 0 aromatic heterocycles. The van der Waals surface area contributed by atoms with Crippen molar-refractivity contribution in [3.05, 3.63) is 24.3 Å². The molecule has 3 unspecified atom stereocenters. The van der Waals surface area contributed by atoms with Gasteiger partial charge in [0.05, 0.1) is 13.2 Å². The predicted molar refractivity (Wildman–Crippen MR) is 277 cm³/mol. The summed E-state index contributed by atoms with van der Waals surface area (Å²) >= 11 is 0. The van der Waals surface area contributed by atoms with Crippen molar-refractivity contribution in [2.24, 2.45) is 0 Å². The number of hydrogen-bond donors (Lipinski definition) is 4. The van der Waals surface area contributed by atoms with E-state index < -0.39 is 57.6 Å². The number of aliphatic hydroxyl groups is 1. The Bertz CT molecular complexity index is 1230. The Morgan fingerprint density at radius 2 is 0.821 bits per heavy atom. The van der Waals surface area contributed by atoms with Crippen LogP contribution in [0, 0.1) is 0 Å². The molecule has 0 spiro atoms. The molecule has 0 aliphatic heterocycles. The van der Waals surface area contributed by atoms with Gasteiger partial charge in [-0.3, -0.25) is 18.6 Å². The van der Waals surface area contributed by atoms with Gasteiger partial charge in [0.1, 0.15) is 12.7 Å². The van der Waals surface area contributed by atoms with E-state index in [0.29, 0.717) is 12.8 Å². The average Bonchev–Trinajstić information content (AvgIpc) is 3.31. The number of carboxylic acids is 1. The number of aliphatic hydroxyl groups excluding tert-OH is 1. The smallest absolute Gasteiger partial charge is 0.472 e. The van der Waals surface area contributed by atoms with Gasteiger partial charge in [-0.25, -0.2) is 9.36 Å². The fourth-order valence-corrected chi connectivity index (χ4v) is 8.95. The SMILES string of the molecule is CCCCC/C=C\C/C=C\CCCCCCCCCCCCCCCC(=O)NC(COP(=O)(O)OCC(O)COC(=O)CCCCCCCCCCCCCCCCCCCCCC)C(=O)O. The molecule has 394 valence electrons. The molecule has 0 aliphatic carbocycles. The summed E-state index contributed by atoms with van der Waals surface area (Å²) in [6.45, 7) is 2.63. The van der Waals surface area contributed by atoms with E-state index in [-0.39, 0.29) is 12.8 Å². The Kier molecular flexibility index (Phi) is 48.8. The van der Waals surface area contributed by atoms with Crippen LogP contribution in [0.4, 0.5) is 0 Å². The van der Waals surface area contributed by atoms with Crippen LogP contribution in [0.5, 0.6) is 0 Å². The summed E-state index contributed by atoms with van der Waals surface area (Å²) in [5, 5.41) is 22.0. The Morgan fingerprint density at radius 3 is 1.24 bits per heavy atom. The van der Waals surface area contributed by atoms with E-state index >= 15 is 0 Å². The number of carbonyl (C=O) groups excluding carboxylic acids is 2. The number of unbranched alkanes of at least 4 members (excludes halogenated alkanes) is 35. The molecular formula is C55H104NO10P. The molecule has 0 aliphatic rings. The van der Waals surface area contributed by atoms with E-state index in [1.807, 2.05) is 0 Å². The van der Waals surface area contributed by atoms with Gasteiger partial charge in [-0.15, -0.1) is 0 Å². The molecular weight excluding hydrogens is 866 g/mol. The van der Waals surface area contributed by atoms with Gasteiger partial charge in [0.25, 0.3) is 0 Å². The first kappa shape index (κ1) is 65.0. The van der Waals surface area contributed by atoms with Gasteiger partial charge in [-0.05, 0) is 44.9 Å². The van der Waals surface area contributed by atoms with Crippen LogP contribution < -0.4 is 5.32 Å². The van der Waals surface area contributed by atoms with Crippen LogP contribution in [0.3, 0.4) is 0 Å². The number of rotatable bonds is 53. The van der Waals surface area contributed by atoms with Gasteiger partial charge in [0, 0.05) is 12.8 Å². The average molecular weight is 970 g/mol. The van der Waals surface area contributed by atoms with Crippen LogP contribution in [0.15, 0.2) is 24.3 Å². The van der Waals surface area contributed by atoms with Crippen molar-refractivity contribution in [1.82, 2.24) is 5.32 Å². The molecule has 0 saturated heterocycles. The van der Waals surface area contributed by atoms with Crippen molar-refractivity contribution < 1.29 is 47.8 Å². The van der Waals surface area contributed by atoms with Gasteiger partial charge < -0.3 is 25.2 Å². The number of carboxylic acid groups (broad SMARTS) is 1. The van der Waals surface area contributed by atoms with Crippen LogP contribution in [0.2, 0.25) is 0 Å². The van der Waals surface area contributed by atoms with Gasteiger partial charge >= 0.3 is 19.8 Å². The molecule has 0 rings (SSSR count). The molecule has 0 heterocycles. The van der Waals surface area contributed by atoms with Crippen molar-refractivity contribution in [2.45, 2.75) is 289 Å². The highest BCUT2D eigenvalue weighted by Gasteiger charge is 2.28. The summed E-state index contributed by atoms with van der Waals surface area (Å²) in [6.07, 6.45) is 56.3. The number of hydrogen-bond acceptors (Lipinski definition) is 8. The van der Waals surface area contributed by atoms with E-state index in [4.69, 9.17) is 13.8 Å². The lowest BCUT2D eigenvalue weighted by atomic mass is 10.0. The summed E-state index contributed by atoms with van der Waals surface area (Å²) < 4.78 is 27.0. The predicted octanol–water partition coefficient (Wildman–Crippen LogP) is 15.7. The number of ether oxygens (including phenoxy) is 1. The Balaban J connectivity index is 3.76. The van der Waals surface area contributed by atoms with Crippen LogP contribution >= 0.6 is 7.82 Å². The number of phosphoric acid groups is 1. The standard InChI is InChI=1S/C55H104NO10P/c1-3-5-7-9-11-13-15-17-19-21-23-25-26-27-28-30-32-34-36-38-40-42-44-46-53(58)56-52(55(60)61)50-66-67(62,63)65-49-51(57)48-64-54(59)47-45-43-41-39-37-35-33-31-29-24-22-20-18-16-14-12-10-8-6-4-2/h11,13,17,19,51-52,57H,3-10,12,14-16,18,20-50H2,1-2H3,(H,56,58)(H,60,61)(H,62,63)/b13-11-,19-17-. The van der Waals surface area contributed by atoms with Crippen molar-refractivity contribution in [3.8, 4) is 0 Å². The molecule has 0 radical (unpaired) electrons. The van der Waals surface area contributed by atoms with Gasteiger partial charge in [-0.1, -0.05) is 244 Å².